The van der Waals surface area contributed by atoms with Crippen LogP contribution in [0.15, 0.2) is 24.5 Å². The lowest BCUT2D eigenvalue weighted by Gasteiger charge is -2.15. The van der Waals surface area contributed by atoms with Crippen LogP contribution < -0.4 is 5.32 Å². The highest BCUT2D eigenvalue weighted by atomic mass is 16.3. The summed E-state index contributed by atoms with van der Waals surface area (Å²) < 4.78 is 1.87. The van der Waals surface area contributed by atoms with Crippen LogP contribution in [-0.2, 0) is 13.6 Å². The van der Waals surface area contributed by atoms with Gasteiger partial charge in [-0.1, -0.05) is 17.7 Å². The van der Waals surface area contributed by atoms with Crippen molar-refractivity contribution in [3.63, 3.8) is 0 Å². The summed E-state index contributed by atoms with van der Waals surface area (Å²) in [5, 5.41) is 21.0. The second-order valence-electron chi connectivity index (χ2n) is 4.52. The molecule has 0 saturated heterocycles. The SMILES string of the molecule is Cc1ccc(O)c(C(C)NCc2nncn2C)c1. The molecule has 0 fully saturated rings. The summed E-state index contributed by atoms with van der Waals surface area (Å²) in [6.07, 6.45) is 1.67. The third-order valence-corrected chi connectivity index (χ3v) is 3.02. The van der Waals surface area contributed by atoms with E-state index in [1.807, 2.05) is 37.6 Å². The van der Waals surface area contributed by atoms with Crippen molar-refractivity contribution in [3.05, 3.63) is 41.5 Å². The Kier molecular flexibility index (Phi) is 3.62. The normalized spacial score (nSPS) is 12.6. The summed E-state index contributed by atoms with van der Waals surface area (Å²) in [6, 6.07) is 5.67. The van der Waals surface area contributed by atoms with Crippen LogP contribution in [0.4, 0.5) is 0 Å². The molecule has 96 valence electrons. The lowest BCUT2D eigenvalue weighted by molar-refractivity contribution is 0.450. The number of phenolic OH excluding ortho intramolecular Hbond substituents is 1. The summed E-state index contributed by atoms with van der Waals surface area (Å²) >= 11 is 0. The Bertz CT molecular complexity index is 536. The molecule has 1 heterocycles. The molecule has 0 aliphatic rings. The third kappa shape index (κ3) is 2.68. The van der Waals surface area contributed by atoms with Gasteiger partial charge in [-0.3, -0.25) is 0 Å². The van der Waals surface area contributed by atoms with Gasteiger partial charge in [-0.15, -0.1) is 10.2 Å². The molecule has 0 bridgehead atoms. The quantitative estimate of drug-likeness (QED) is 0.861. The Labute approximate surface area is 106 Å². The molecule has 0 amide bonds. The maximum absolute atomic E-state index is 9.84. The average molecular weight is 246 g/mol. The van der Waals surface area contributed by atoms with E-state index in [9.17, 15) is 5.11 Å². The van der Waals surface area contributed by atoms with Crippen molar-refractivity contribution in [1.29, 1.82) is 0 Å². The molecule has 1 atom stereocenters. The Hall–Kier alpha value is -1.88. The predicted molar refractivity (Wildman–Crippen MR) is 69.1 cm³/mol. The van der Waals surface area contributed by atoms with Crippen molar-refractivity contribution < 1.29 is 5.11 Å². The third-order valence-electron chi connectivity index (χ3n) is 3.02. The fraction of sp³-hybridized carbons (Fsp3) is 0.385. The van der Waals surface area contributed by atoms with E-state index >= 15 is 0 Å². The van der Waals surface area contributed by atoms with Gasteiger partial charge in [0, 0.05) is 18.7 Å². The molecular weight excluding hydrogens is 228 g/mol. The van der Waals surface area contributed by atoms with Gasteiger partial charge in [-0.2, -0.15) is 0 Å². The number of aryl methyl sites for hydroxylation is 2. The first kappa shape index (κ1) is 12.6. The lowest BCUT2D eigenvalue weighted by Crippen LogP contribution is -2.20. The number of rotatable bonds is 4. The van der Waals surface area contributed by atoms with Gasteiger partial charge in [-0.05, 0) is 19.9 Å². The molecule has 2 rings (SSSR count). The number of phenols is 1. The molecule has 18 heavy (non-hydrogen) atoms. The van der Waals surface area contributed by atoms with Crippen molar-refractivity contribution in [1.82, 2.24) is 20.1 Å². The topological polar surface area (TPSA) is 63.0 Å². The van der Waals surface area contributed by atoms with Crippen LogP contribution in [0.2, 0.25) is 0 Å². The van der Waals surface area contributed by atoms with E-state index in [4.69, 9.17) is 0 Å². The van der Waals surface area contributed by atoms with E-state index in [0.717, 1.165) is 17.0 Å². The fourth-order valence-corrected chi connectivity index (χ4v) is 1.84. The Morgan fingerprint density at radius 3 is 2.89 bits per heavy atom. The largest absolute Gasteiger partial charge is 0.508 e. The minimum atomic E-state index is 0.0570. The first-order chi connectivity index (χ1) is 8.58. The van der Waals surface area contributed by atoms with Crippen molar-refractivity contribution in [2.24, 2.45) is 7.05 Å². The first-order valence-electron chi connectivity index (χ1n) is 5.93. The summed E-state index contributed by atoms with van der Waals surface area (Å²) in [5.74, 6) is 1.19. The van der Waals surface area contributed by atoms with Gasteiger partial charge in [0.25, 0.3) is 0 Å². The lowest BCUT2D eigenvalue weighted by atomic mass is 10.0. The predicted octanol–water partition coefficient (Wildman–Crippen LogP) is 1.68. The van der Waals surface area contributed by atoms with E-state index in [2.05, 4.69) is 15.5 Å². The Morgan fingerprint density at radius 1 is 1.44 bits per heavy atom. The molecule has 5 heteroatoms. The van der Waals surface area contributed by atoms with E-state index in [1.165, 1.54) is 0 Å². The minimum Gasteiger partial charge on any atom is -0.508 e. The summed E-state index contributed by atoms with van der Waals surface area (Å²) in [6.45, 7) is 4.65. The van der Waals surface area contributed by atoms with Crippen LogP contribution in [-0.4, -0.2) is 19.9 Å². The molecule has 5 nitrogen and oxygen atoms in total. The summed E-state index contributed by atoms with van der Waals surface area (Å²) in [7, 11) is 1.91. The van der Waals surface area contributed by atoms with Crippen LogP contribution in [0.5, 0.6) is 5.75 Å². The number of hydrogen-bond donors (Lipinski definition) is 2. The molecule has 1 aromatic heterocycles. The maximum atomic E-state index is 9.84. The van der Waals surface area contributed by atoms with Gasteiger partial charge in [0.15, 0.2) is 0 Å². The minimum absolute atomic E-state index is 0.0570. The number of aromatic hydroxyl groups is 1. The molecule has 2 N–H and O–H groups in total. The van der Waals surface area contributed by atoms with Crippen molar-refractivity contribution in [3.8, 4) is 5.75 Å². The second-order valence-corrected chi connectivity index (χ2v) is 4.52. The van der Waals surface area contributed by atoms with Crippen molar-refractivity contribution >= 4 is 0 Å². The summed E-state index contributed by atoms with van der Waals surface area (Å²) in [5.41, 5.74) is 2.03. The number of hydrogen-bond acceptors (Lipinski definition) is 4. The number of aromatic nitrogens is 3. The van der Waals surface area contributed by atoms with Crippen LogP contribution in [0.25, 0.3) is 0 Å². The zero-order chi connectivity index (χ0) is 13.1. The van der Waals surface area contributed by atoms with Crippen molar-refractivity contribution in [2.75, 3.05) is 0 Å². The van der Waals surface area contributed by atoms with Gasteiger partial charge in [0.05, 0.1) is 6.54 Å². The zero-order valence-corrected chi connectivity index (χ0v) is 10.9. The number of nitrogens with one attached hydrogen (secondary N) is 1. The van der Waals surface area contributed by atoms with E-state index < -0.39 is 0 Å². The van der Waals surface area contributed by atoms with E-state index in [1.54, 1.807) is 12.4 Å². The zero-order valence-electron chi connectivity index (χ0n) is 10.9. The standard InChI is InChI=1S/C13H18N4O/c1-9-4-5-12(18)11(6-9)10(2)14-7-13-16-15-8-17(13)3/h4-6,8,10,14,18H,7H2,1-3H3. The highest BCUT2D eigenvalue weighted by Gasteiger charge is 2.11. The molecule has 1 unspecified atom stereocenters. The first-order valence-corrected chi connectivity index (χ1v) is 5.93. The van der Waals surface area contributed by atoms with Gasteiger partial charge in [0.1, 0.15) is 17.9 Å². The molecule has 0 aliphatic carbocycles. The average Bonchev–Trinajstić information content (AvgIpc) is 2.75. The fourth-order valence-electron chi connectivity index (χ4n) is 1.84. The Balaban J connectivity index is 2.06. The Morgan fingerprint density at radius 2 is 2.22 bits per heavy atom. The molecule has 1 aromatic carbocycles. The van der Waals surface area contributed by atoms with Gasteiger partial charge in [0.2, 0.25) is 0 Å². The van der Waals surface area contributed by atoms with Crippen LogP contribution in [0.1, 0.15) is 29.9 Å². The monoisotopic (exact) mass is 246 g/mol. The highest BCUT2D eigenvalue weighted by Crippen LogP contribution is 2.24. The van der Waals surface area contributed by atoms with E-state index in [-0.39, 0.29) is 6.04 Å². The highest BCUT2D eigenvalue weighted by molar-refractivity contribution is 5.37. The van der Waals surface area contributed by atoms with Crippen LogP contribution >= 0.6 is 0 Å². The second kappa shape index (κ2) is 5.18. The smallest absolute Gasteiger partial charge is 0.146 e. The van der Waals surface area contributed by atoms with E-state index in [0.29, 0.717) is 12.3 Å². The molecule has 0 spiro atoms. The molecule has 0 saturated carbocycles. The van der Waals surface area contributed by atoms with Gasteiger partial charge < -0.3 is 15.0 Å². The van der Waals surface area contributed by atoms with Crippen molar-refractivity contribution in [2.45, 2.75) is 26.4 Å². The maximum Gasteiger partial charge on any atom is 0.146 e. The number of nitrogens with zero attached hydrogens (tertiary/aromatic N) is 3. The van der Waals surface area contributed by atoms with Crippen LogP contribution in [0.3, 0.4) is 0 Å². The van der Waals surface area contributed by atoms with Crippen LogP contribution in [0, 0.1) is 6.92 Å². The molecule has 2 aromatic rings. The number of benzene rings is 1. The summed E-state index contributed by atoms with van der Waals surface area (Å²) in [4.78, 5) is 0. The molecule has 0 radical (unpaired) electrons. The van der Waals surface area contributed by atoms with Gasteiger partial charge in [-0.25, -0.2) is 0 Å². The molecular formula is C13H18N4O. The van der Waals surface area contributed by atoms with Gasteiger partial charge >= 0.3 is 0 Å². The molecule has 0 aliphatic heterocycles.